The number of hydrogen-bond donors (Lipinski definition) is 1. The fourth-order valence-electron chi connectivity index (χ4n) is 2.87. The zero-order chi connectivity index (χ0) is 17.0. The predicted octanol–water partition coefficient (Wildman–Crippen LogP) is 2.40. The van der Waals surface area contributed by atoms with Gasteiger partial charge in [-0.3, -0.25) is 0 Å². The topological polar surface area (TPSA) is 67.9 Å². The second-order valence-electron chi connectivity index (χ2n) is 5.57. The summed E-state index contributed by atoms with van der Waals surface area (Å²) in [5.74, 6) is 1.06. The van der Waals surface area contributed by atoms with Crippen LogP contribution in [0.2, 0.25) is 5.02 Å². The molecule has 0 spiro atoms. The number of nitrogens with zero attached hydrogens (tertiary/aromatic N) is 1. The van der Waals surface area contributed by atoms with Gasteiger partial charge in [0.1, 0.15) is 4.90 Å². The van der Waals surface area contributed by atoms with Gasteiger partial charge in [0.15, 0.2) is 11.5 Å². The van der Waals surface area contributed by atoms with E-state index in [2.05, 4.69) is 5.32 Å². The molecule has 1 N–H and O–H groups in total. The molecule has 1 aromatic carbocycles. The largest absolute Gasteiger partial charge is 0.493 e. The van der Waals surface area contributed by atoms with Crippen LogP contribution in [0.25, 0.3) is 0 Å². The molecule has 0 aliphatic carbocycles. The highest BCUT2D eigenvalue weighted by atomic mass is 35.5. The number of benzene rings is 1. The summed E-state index contributed by atoms with van der Waals surface area (Å²) >= 11 is 6.18. The van der Waals surface area contributed by atoms with Crippen molar-refractivity contribution in [3.05, 3.63) is 17.2 Å². The van der Waals surface area contributed by atoms with Crippen molar-refractivity contribution in [2.45, 2.75) is 17.7 Å². The van der Waals surface area contributed by atoms with E-state index in [1.54, 1.807) is 0 Å². The first-order valence-corrected chi connectivity index (χ1v) is 9.32. The summed E-state index contributed by atoms with van der Waals surface area (Å²) in [6.45, 7) is 1.80. The zero-order valence-electron chi connectivity index (χ0n) is 14.0. The molecule has 1 aliphatic heterocycles. The van der Waals surface area contributed by atoms with E-state index in [0.29, 0.717) is 30.5 Å². The molecule has 2 rings (SSSR count). The quantitative estimate of drug-likeness (QED) is 0.796. The van der Waals surface area contributed by atoms with Crippen LogP contribution < -0.4 is 14.8 Å². The molecule has 138 valence electrons. The standard InChI is InChI=1S/C15H23ClN2O4S.ClH/c1-17-9-11-5-4-6-18(10-11)23(19,20)15-8-14(22-3)13(21-2)7-12(15)16;/h7-8,11,17H,4-6,9-10H2,1-3H3;1H. The van der Waals surface area contributed by atoms with E-state index in [1.165, 1.54) is 30.7 Å². The molecule has 0 aromatic heterocycles. The van der Waals surface area contributed by atoms with E-state index < -0.39 is 10.0 Å². The van der Waals surface area contributed by atoms with Gasteiger partial charge in [0.2, 0.25) is 10.0 Å². The van der Waals surface area contributed by atoms with Crippen molar-refractivity contribution < 1.29 is 17.9 Å². The number of sulfonamides is 1. The summed E-state index contributed by atoms with van der Waals surface area (Å²) in [4.78, 5) is 0.0573. The summed E-state index contributed by atoms with van der Waals surface area (Å²) in [7, 11) is 1.16. The molecule has 0 amide bonds. The van der Waals surface area contributed by atoms with Crippen molar-refractivity contribution in [3.8, 4) is 11.5 Å². The molecule has 0 radical (unpaired) electrons. The summed E-state index contributed by atoms with van der Waals surface area (Å²) in [6, 6.07) is 2.90. The third-order valence-electron chi connectivity index (χ3n) is 4.03. The normalized spacial score (nSPS) is 18.8. The van der Waals surface area contributed by atoms with Gasteiger partial charge in [-0.25, -0.2) is 8.42 Å². The van der Waals surface area contributed by atoms with Gasteiger partial charge in [-0.15, -0.1) is 12.4 Å². The Morgan fingerprint density at radius 3 is 2.50 bits per heavy atom. The first kappa shape index (κ1) is 21.3. The molecule has 9 heteroatoms. The van der Waals surface area contributed by atoms with Crippen LogP contribution in [-0.4, -0.2) is 53.6 Å². The molecular weight excluding hydrogens is 375 g/mol. The molecule has 0 bridgehead atoms. The lowest BCUT2D eigenvalue weighted by Gasteiger charge is -2.32. The lowest BCUT2D eigenvalue weighted by atomic mass is 10.00. The first-order valence-electron chi connectivity index (χ1n) is 7.50. The van der Waals surface area contributed by atoms with E-state index in [1.807, 2.05) is 7.05 Å². The van der Waals surface area contributed by atoms with E-state index >= 15 is 0 Å². The molecule has 6 nitrogen and oxygen atoms in total. The molecule has 1 aliphatic rings. The van der Waals surface area contributed by atoms with Crippen LogP contribution >= 0.6 is 24.0 Å². The smallest absolute Gasteiger partial charge is 0.244 e. The van der Waals surface area contributed by atoms with Crippen LogP contribution in [0.1, 0.15) is 12.8 Å². The summed E-state index contributed by atoms with van der Waals surface area (Å²) in [6.07, 6.45) is 1.86. The van der Waals surface area contributed by atoms with E-state index in [9.17, 15) is 8.42 Å². The van der Waals surface area contributed by atoms with E-state index in [-0.39, 0.29) is 22.3 Å². The minimum Gasteiger partial charge on any atom is -0.493 e. The molecule has 0 saturated carbocycles. The van der Waals surface area contributed by atoms with Gasteiger partial charge in [0, 0.05) is 25.2 Å². The van der Waals surface area contributed by atoms with E-state index in [4.69, 9.17) is 21.1 Å². The van der Waals surface area contributed by atoms with Gasteiger partial charge < -0.3 is 14.8 Å². The van der Waals surface area contributed by atoms with Crippen LogP contribution in [0.4, 0.5) is 0 Å². The fourth-order valence-corrected chi connectivity index (χ4v) is 4.93. The van der Waals surface area contributed by atoms with Crippen molar-refractivity contribution >= 4 is 34.0 Å². The molecule has 1 heterocycles. The van der Waals surface area contributed by atoms with Crippen LogP contribution in [0.5, 0.6) is 11.5 Å². The maximum absolute atomic E-state index is 13.0. The monoisotopic (exact) mass is 398 g/mol. The van der Waals surface area contributed by atoms with Crippen LogP contribution in [-0.2, 0) is 10.0 Å². The van der Waals surface area contributed by atoms with Gasteiger partial charge in [-0.05, 0) is 32.4 Å². The minimum absolute atomic E-state index is 0. The Hall–Kier alpha value is -0.730. The number of halogens is 2. The third-order valence-corrected chi connectivity index (χ3v) is 6.36. The second-order valence-corrected chi connectivity index (χ2v) is 7.88. The lowest BCUT2D eigenvalue weighted by molar-refractivity contribution is 0.263. The highest BCUT2D eigenvalue weighted by molar-refractivity contribution is 7.89. The summed E-state index contributed by atoms with van der Waals surface area (Å²) < 4.78 is 37.8. The zero-order valence-corrected chi connectivity index (χ0v) is 16.4. The maximum Gasteiger partial charge on any atom is 0.244 e. The van der Waals surface area contributed by atoms with Crippen molar-refractivity contribution in [2.75, 3.05) is 40.9 Å². The molecule has 1 atom stereocenters. The Labute approximate surface area is 154 Å². The number of nitrogens with one attached hydrogen (secondary N) is 1. The maximum atomic E-state index is 13.0. The van der Waals surface area contributed by atoms with Crippen LogP contribution in [0.15, 0.2) is 17.0 Å². The Balaban J connectivity index is 0.00000288. The van der Waals surface area contributed by atoms with Crippen LogP contribution in [0.3, 0.4) is 0 Å². The molecule has 1 saturated heterocycles. The van der Waals surface area contributed by atoms with Gasteiger partial charge >= 0.3 is 0 Å². The Morgan fingerprint density at radius 2 is 1.92 bits per heavy atom. The number of ether oxygens (including phenoxy) is 2. The number of piperidine rings is 1. The van der Waals surface area contributed by atoms with Crippen molar-refractivity contribution in [1.29, 1.82) is 0 Å². The first-order chi connectivity index (χ1) is 10.9. The lowest BCUT2D eigenvalue weighted by Crippen LogP contribution is -2.42. The number of methoxy groups -OCH3 is 2. The average molecular weight is 399 g/mol. The predicted molar refractivity (Wildman–Crippen MR) is 97.2 cm³/mol. The number of rotatable bonds is 6. The highest BCUT2D eigenvalue weighted by Gasteiger charge is 2.32. The SMILES string of the molecule is CNCC1CCCN(S(=O)(=O)c2cc(OC)c(OC)cc2Cl)C1.Cl. The fraction of sp³-hybridized carbons (Fsp3) is 0.600. The molecule has 24 heavy (non-hydrogen) atoms. The molecule has 1 aromatic rings. The van der Waals surface area contributed by atoms with Crippen molar-refractivity contribution in [1.82, 2.24) is 9.62 Å². The van der Waals surface area contributed by atoms with Gasteiger partial charge in [-0.1, -0.05) is 11.6 Å². The van der Waals surface area contributed by atoms with Gasteiger partial charge in [0.05, 0.1) is 19.2 Å². The summed E-state index contributed by atoms with van der Waals surface area (Å²) in [5, 5.41) is 3.25. The van der Waals surface area contributed by atoms with Crippen molar-refractivity contribution in [3.63, 3.8) is 0 Å². The Kier molecular flexibility index (Phi) is 8.08. The number of hydrogen-bond acceptors (Lipinski definition) is 5. The molecular formula is C15H24Cl2N2O4S. The third kappa shape index (κ3) is 4.46. The van der Waals surface area contributed by atoms with Crippen molar-refractivity contribution in [2.24, 2.45) is 5.92 Å². The molecule has 1 unspecified atom stereocenters. The summed E-state index contributed by atoms with van der Waals surface area (Å²) in [5.41, 5.74) is 0. The van der Waals surface area contributed by atoms with E-state index in [0.717, 1.165) is 19.4 Å². The van der Waals surface area contributed by atoms with Crippen LogP contribution in [0, 0.1) is 5.92 Å². The van der Waals surface area contributed by atoms with Gasteiger partial charge in [-0.2, -0.15) is 4.31 Å². The van der Waals surface area contributed by atoms with Gasteiger partial charge in [0.25, 0.3) is 0 Å². The average Bonchev–Trinajstić information content (AvgIpc) is 2.54. The Morgan fingerprint density at radius 1 is 1.29 bits per heavy atom. The highest BCUT2D eigenvalue weighted by Crippen LogP contribution is 2.37. The Bertz CT molecular complexity index is 653. The second kappa shape index (κ2) is 9.10. The minimum atomic E-state index is -3.66. The molecule has 1 fully saturated rings.